The van der Waals surface area contributed by atoms with Crippen LogP contribution in [0.15, 0.2) is 97.2 Å². The normalized spacial score (nSPS) is 16.8. The molecule has 3 aromatic carbocycles. The van der Waals surface area contributed by atoms with Gasteiger partial charge < -0.3 is 9.84 Å². The number of carbonyl (C=O) groups excluding carboxylic acids is 3. The van der Waals surface area contributed by atoms with Crippen molar-refractivity contribution in [2.24, 2.45) is 5.92 Å². The number of hydrogen-bond acceptors (Lipinski definition) is 5. The van der Waals surface area contributed by atoms with Crippen molar-refractivity contribution in [2.45, 2.75) is 58.2 Å². The second-order valence-corrected chi connectivity index (χ2v) is 10.8. The molecule has 1 N–H and O–H groups in total. The third-order valence-corrected chi connectivity index (χ3v) is 7.21. The number of aliphatic hydroxyl groups is 1. The maximum Gasteiger partial charge on any atom is 0.416 e. The minimum atomic E-state index is -5.12. The van der Waals surface area contributed by atoms with Gasteiger partial charge in [0.2, 0.25) is 5.91 Å². The third-order valence-electron chi connectivity index (χ3n) is 7.21. The fourth-order valence-corrected chi connectivity index (χ4v) is 5.15. The molecule has 11 heteroatoms. The largest absolute Gasteiger partial charge is 0.444 e. The maximum atomic E-state index is 14.4. The number of halogens is 3. The number of aliphatic hydroxyl groups excluding tert-OH is 1. The van der Waals surface area contributed by atoms with Crippen molar-refractivity contribution in [1.29, 1.82) is 0 Å². The van der Waals surface area contributed by atoms with Gasteiger partial charge in [0.05, 0.1) is 11.7 Å². The molecule has 0 aliphatic carbocycles. The van der Waals surface area contributed by atoms with Gasteiger partial charge in [0, 0.05) is 18.7 Å². The summed E-state index contributed by atoms with van der Waals surface area (Å²) < 4.78 is 47.9. The van der Waals surface area contributed by atoms with E-state index in [0.29, 0.717) is 21.7 Å². The molecule has 0 bridgehead atoms. The molecule has 3 atom stereocenters. The highest BCUT2D eigenvalue weighted by molar-refractivity contribution is 5.97. The van der Waals surface area contributed by atoms with Crippen LogP contribution in [-0.2, 0) is 27.4 Å². The molecule has 0 saturated carbocycles. The molecule has 1 heterocycles. The molecule has 3 unspecified atom stereocenters. The van der Waals surface area contributed by atoms with E-state index in [1.807, 2.05) is 6.07 Å². The lowest BCUT2D eigenvalue weighted by atomic mass is 9.97. The van der Waals surface area contributed by atoms with E-state index in [-0.39, 0.29) is 12.3 Å². The van der Waals surface area contributed by atoms with Gasteiger partial charge in [0.1, 0.15) is 12.6 Å². The predicted molar refractivity (Wildman–Crippen MR) is 157 cm³/mol. The Morgan fingerprint density at radius 1 is 0.909 bits per heavy atom. The standard InChI is InChI=1S/C33H34F3N3O5/c1-22(2)29-31(42)39(38(23(3)40)27(30(41)33(34,35)36)19-24-13-7-4-8-14-24)28(26-17-11-6-12-18-26)20-37(29)32(43)44-21-25-15-9-5-10-16-25/h4-18,20,22,27,29-30,41H,19,21H2,1-3H3. The Kier molecular flexibility index (Phi) is 10.1. The number of rotatable bonds is 9. The Labute approximate surface area is 253 Å². The van der Waals surface area contributed by atoms with E-state index < -0.39 is 54.6 Å². The average molecular weight is 610 g/mol. The van der Waals surface area contributed by atoms with Crippen LogP contribution in [0.3, 0.4) is 0 Å². The Balaban J connectivity index is 1.85. The molecule has 0 aromatic heterocycles. The predicted octanol–water partition coefficient (Wildman–Crippen LogP) is 5.79. The molecule has 0 fully saturated rings. The van der Waals surface area contributed by atoms with Crippen LogP contribution in [0.25, 0.3) is 5.70 Å². The van der Waals surface area contributed by atoms with Crippen LogP contribution in [0.5, 0.6) is 0 Å². The van der Waals surface area contributed by atoms with Crippen molar-refractivity contribution in [2.75, 3.05) is 0 Å². The van der Waals surface area contributed by atoms with Crippen LogP contribution in [-0.4, -0.2) is 62.3 Å². The molecule has 1 aliphatic heterocycles. The third kappa shape index (κ3) is 7.28. The van der Waals surface area contributed by atoms with Gasteiger partial charge in [-0.1, -0.05) is 105 Å². The van der Waals surface area contributed by atoms with E-state index in [2.05, 4.69) is 0 Å². The molecule has 44 heavy (non-hydrogen) atoms. The number of nitrogens with zero attached hydrogens (tertiary/aromatic N) is 3. The van der Waals surface area contributed by atoms with Crippen molar-refractivity contribution >= 4 is 23.6 Å². The first-order valence-electron chi connectivity index (χ1n) is 14.1. The first-order valence-corrected chi connectivity index (χ1v) is 14.1. The molecule has 0 radical (unpaired) electrons. The number of hydrogen-bond donors (Lipinski definition) is 1. The van der Waals surface area contributed by atoms with Gasteiger partial charge in [0.25, 0.3) is 5.91 Å². The monoisotopic (exact) mass is 609 g/mol. The number of benzene rings is 3. The Hall–Kier alpha value is -4.64. The molecule has 0 spiro atoms. The SMILES string of the molecule is CC(=O)N(C(Cc1ccccc1)C(O)C(F)(F)F)N1C(=O)C(C(C)C)N(C(=O)OCc2ccccc2)C=C1c1ccccc1. The molecule has 8 nitrogen and oxygen atoms in total. The molecular weight excluding hydrogens is 575 g/mol. The van der Waals surface area contributed by atoms with Crippen molar-refractivity contribution < 1.29 is 37.4 Å². The van der Waals surface area contributed by atoms with E-state index in [4.69, 9.17) is 4.74 Å². The zero-order chi connectivity index (χ0) is 32.0. The highest BCUT2D eigenvalue weighted by atomic mass is 19.4. The first kappa shape index (κ1) is 32.3. The zero-order valence-electron chi connectivity index (χ0n) is 24.5. The summed E-state index contributed by atoms with van der Waals surface area (Å²) in [6, 6.07) is 22.0. The molecule has 4 rings (SSSR count). The Morgan fingerprint density at radius 3 is 1.93 bits per heavy atom. The van der Waals surface area contributed by atoms with Crippen LogP contribution in [0.1, 0.15) is 37.5 Å². The molecule has 0 saturated heterocycles. The van der Waals surface area contributed by atoms with Crippen LogP contribution < -0.4 is 0 Å². The lowest BCUT2D eigenvalue weighted by molar-refractivity contribution is -0.232. The smallest absolute Gasteiger partial charge is 0.416 e. The van der Waals surface area contributed by atoms with Crippen LogP contribution >= 0.6 is 0 Å². The van der Waals surface area contributed by atoms with Gasteiger partial charge in [-0.3, -0.25) is 14.5 Å². The van der Waals surface area contributed by atoms with Crippen LogP contribution in [0.2, 0.25) is 0 Å². The molecular formula is C33H34F3N3O5. The Bertz CT molecular complexity index is 1470. The van der Waals surface area contributed by atoms with Crippen molar-refractivity contribution in [3.05, 3.63) is 114 Å². The van der Waals surface area contributed by atoms with Crippen LogP contribution in [0, 0.1) is 5.92 Å². The summed E-state index contributed by atoms with van der Waals surface area (Å²) >= 11 is 0. The number of hydrazine groups is 1. The van der Waals surface area contributed by atoms with Crippen molar-refractivity contribution in [3.8, 4) is 0 Å². The summed E-state index contributed by atoms with van der Waals surface area (Å²) in [6.45, 7) is 4.29. The molecule has 1 aliphatic rings. The molecule has 3 amide bonds. The highest BCUT2D eigenvalue weighted by Crippen LogP contribution is 2.36. The average Bonchev–Trinajstić information content (AvgIpc) is 3.00. The minimum Gasteiger partial charge on any atom is -0.444 e. The van der Waals surface area contributed by atoms with Gasteiger partial charge in [-0.2, -0.15) is 13.2 Å². The van der Waals surface area contributed by atoms with Crippen molar-refractivity contribution in [1.82, 2.24) is 14.9 Å². The summed E-state index contributed by atoms with van der Waals surface area (Å²) in [4.78, 5) is 42.3. The lowest BCUT2D eigenvalue weighted by Crippen LogP contribution is -2.65. The van der Waals surface area contributed by atoms with E-state index in [9.17, 15) is 32.7 Å². The number of ether oxygens (including phenoxy) is 1. The lowest BCUT2D eigenvalue weighted by Gasteiger charge is -2.47. The summed E-state index contributed by atoms with van der Waals surface area (Å²) in [5.41, 5.74) is 1.43. The topological polar surface area (TPSA) is 90.4 Å². The number of carbonyl (C=O) groups is 3. The fourth-order valence-electron chi connectivity index (χ4n) is 5.15. The van der Waals surface area contributed by atoms with Gasteiger partial charge >= 0.3 is 12.3 Å². The zero-order valence-corrected chi connectivity index (χ0v) is 24.5. The van der Waals surface area contributed by atoms with E-state index >= 15 is 0 Å². The summed E-state index contributed by atoms with van der Waals surface area (Å²) in [5, 5.41) is 12.2. The number of alkyl halides is 3. The molecule has 232 valence electrons. The summed E-state index contributed by atoms with van der Waals surface area (Å²) in [7, 11) is 0. The second kappa shape index (κ2) is 13.8. The van der Waals surface area contributed by atoms with Gasteiger partial charge in [0.15, 0.2) is 6.10 Å². The van der Waals surface area contributed by atoms with Crippen LogP contribution in [0.4, 0.5) is 18.0 Å². The fraction of sp³-hybridized carbons (Fsp3) is 0.303. The van der Waals surface area contributed by atoms with E-state index in [0.717, 1.165) is 16.8 Å². The number of amides is 3. The molecule has 3 aromatic rings. The van der Waals surface area contributed by atoms with E-state index in [1.54, 1.807) is 98.8 Å². The maximum absolute atomic E-state index is 14.4. The quantitative estimate of drug-likeness (QED) is 0.332. The van der Waals surface area contributed by atoms with Gasteiger partial charge in [-0.25, -0.2) is 14.8 Å². The minimum absolute atomic E-state index is 0.0354. The highest BCUT2D eigenvalue weighted by Gasteiger charge is 2.51. The van der Waals surface area contributed by atoms with Crippen molar-refractivity contribution in [3.63, 3.8) is 0 Å². The summed E-state index contributed by atoms with van der Waals surface area (Å²) in [6.07, 6.45) is -8.07. The first-order chi connectivity index (χ1) is 20.9. The van der Waals surface area contributed by atoms with Gasteiger partial charge in [-0.15, -0.1) is 0 Å². The van der Waals surface area contributed by atoms with Gasteiger partial charge in [-0.05, 0) is 23.5 Å². The Morgan fingerprint density at radius 2 is 1.43 bits per heavy atom. The summed E-state index contributed by atoms with van der Waals surface area (Å²) in [5.74, 6) is -2.29. The van der Waals surface area contributed by atoms with E-state index in [1.165, 1.54) is 6.20 Å². The second-order valence-electron chi connectivity index (χ2n) is 10.8.